The molecule has 1 aromatic carbocycles. The number of nitrogens with zero attached hydrogens (tertiary/aromatic N) is 1. The molecule has 1 spiro atoms. The summed E-state index contributed by atoms with van der Waals surface area (Å²) in [5, 5.41) is 6.50. The molecular formula is C18H20ClN3O3. The first kappa shape index (κ1) is 16.5. The Bertz CT molecular complexity index is 811. The quantitative estimate of drug-likeness (QED) is 0.788. The average Bonchev–Trinajstić information content (AvgIpc) is 3.13. The van der Waals surface area contributed by atoms with Crippen molar-refractivity contribution in [2.24, 2.45) is 11.8 Å². The van der Waals surface area contributed by atoms with Gasteiger partial charge in [-0.05, 0) is 26.3 Å². The Balaban J connectivity index is 1.89. The van der Waals surface area contributed by atoms with E-state index in [1.807, 2.05) is 20.8 Å². The summed E-state index contributed by atoms with van der Waals surface area (Å²) in [6.45, 7) is 5.66. The van der Waals surface area contributed by atoms with Crippen molar-refractivity contribution in [2.75, 3.05) is 5.32 Å². The molecule has 2 N–H and O–H groups in total. The molecular weight excluding hydrogens is 342 g/mol. The topological polar surface area (TPSA) is 78.5 Å². The van der Waals surface area contributed by atoms with Crippen LogP contribution in [-0.4, -0.2) is 34.7 Å². The van der Waals surface area contributed by atoms with Gasteiger partial charge < -0.3 is 5.32 Å². The third-order valence-electron chi connectivity index (χ3n) is 5.91. The first-order valence-electron chi connectivity index (χ1n) is 8.59. The van der Waals surface area contributed by atoms with Crippen LogP contribution >= 0.6 is 11.6 Å². The summed E-state index contributed by atoms with van der Waals surface area (Å²) in [4.78, 5) is 40.5. The fraction of sp³-hybridized carbons (Fsp3) is 0.500. The normalized spacial score (nSPS) is 34.5. The number of carbonyl (C=O) groups is 3. The number of hydrogen-bond acceptors (Lipinski definition) is 4. The van der Waals surface area contributed by atoms with Crippen molar-refractivity contribution in [3.8, 4) is 0 Å². The number of rotatable bonds is 2. The fourth-order valence-electron chi connectivity index (χ4n) is 4.59. The highest BCUT2D eigenvalue weighted by Crippen LogP contribution is 2.54. The second kappa shape index (κ2) is 5.29. The van der Waals surface area contributed by atoms with E-state index in [1.165, 1.54) is 4.90 Å². The van der Waals surface area contributed by atoms with E-state index < -0.39 is 17.4 Å². The van der Waals surface area contributed by atoms with Crippen LogP contribution in [0.4, 0.5) is 5.69 Å². The fourth-order valence-corrected chi connectivity index (χ4v) is 4.82. The smallest absolute Gasteiger partial charge is 0.250 e. The number of hydrogen-bond donors (Lipinski definition) is 2. The summed E-state index contributed by atoms with van der Waals surface area (Å²) in [6.07, 6.45) is 0.681. The van der Waals surface area contributed by atoms with Crippen LogP contribution < -0.4 is 10.6 Å². The minimum absolute atomic E-state index is 0.182. The first-order chi connectivity index (χ1) is 11.8. The van der Waals surface area contributed by atoms with Gasteiger partial charge in [-0.15, -0.1) is 0 Å². The Morgan fingerprint density at radius 2 is 2.00 bits per heavy atom. The molecule has 7 heteroatoms. The zero-order valence-electron chi connectivity index (χ0n) is 14.3. The number of benzene rings is 1. The summed E-state index contributed by atoms with van der Waals surface area (Å²) in [5.74, 6) is -2.07. The van der Waals surface area contributed by atoms with Crippen LogP contribution in [0.3, 0.4) is 0 Å². The van der Waals surface area contributed by atoms with Crippen molar-refractivity contribution in [1.82, 2.24) is 10.2 Å². The minimum atomic E-state index is -1.24. The molecule has 25 heavy (non-hydrogen) atoms. The SMILES string of the molecule is CCC(C)N1C(=O)C2C(C)NC3(C(=O)Nc4c(Cl)cccc43)C2C1=O. The molecule has 3 aliphatic heterocycles. The molecule has 0 aliphatic carbocycles. The van der Waals surface area contributed by atoms with E-state index in [0.717, 1.165) is 0 Å². The van der Waals surface area contributed by atoms with E-state index in [1.54, 1.807) is 18.2 Å². The second-order valence-electron chi connectivity index (χ2n) is 7.16. The third-order valence-corrected chi connectivity index (χ3v) is 6.23. The molecule has 6 nitrogen and oxygen atoms in total. The van der Waals surface area contributed by atoms with Gasteiger partial charge >= 0.3 is 0 Å². The Hall–Kier alpha value is -1.92. The molecule has 1 aromatic rings. The van der Waals surface area contributed by atoms with Gasteiger partial charge in [0.05, 0.1) is 22.5 Å². The summed E-state index contributed by atoms with van der Waals surface area (Å²) in [7, 11) is 0. The van der Waals surface area contributed by atoms with Gasteiger partial charge in [-0.1, -0.05) is 30.7 Å². The predicted molar refractivity (Wildman–Crippen MR) is 92.9 cm³/mol. The van der Waals surface area contributed by atoms with Crippen molar-refractivity contribution >= 4 is 35.0 Å². The lowest BCUT2D eigenvalue weighted by Crippen LogP contribution is -2.53. The molecule has 3 amide bonds. The van der Waals surface area contributed by atoms with Gasteiger partial charge in [0.2, 0.25) is 17.7 Å². The molecule has 0 aromatic heterocycles. The number of fused-ring (bicyclic) bond motifs is 4. The first-order valence-corrected chi connectivity index (χ1v) is 8.97. The van der Waals surface area contributed by atoms with Crippen molar-refractivity contribution in [3.63, 3.8) is 0 Å². The summed E-state index contributed by atoms with van der Waals surface area (Å²) in [5.41, 5.74) is -0.0625. The van der Waals surface area contributed by atoms with Crippen LogP contribution in [0.25, 0.3) is 0 Å². The highest BCUT2D eigenvalue weighted by Gasteiger charge is 2.70. The zero-order chi connectivity index (χ0) is 18.1. The molecule has 0 bridgehead atoms. The lowest BCUT2D eigenvalue weighted by molar-refractivity contribution is -0.145. The van der Waals surface area contributed by atoms with E-state index in [2.05, 4.69) is 10.6 Å². The van der Waals surface area contributed by atoms with Gasteiger partial charge in [0.15, 0.2) is 0 Å². The summed E-state index contributed by atoms with van der Waals surface area (Å²) in [6, 6.07) is 4.79. The zero-order valence-corrected chi connectivity index (χ0v) is 15.1. The summed E-state index contributed by atoms with van der Waals surface area (Å²) >= 11 is 6.24. The minimum Gasteiger partial charge on any atom is -0.323 e. The van der Waals surface area contributed by atoms with E-state index in [0.29, 0.717) is 22.7 Å². The number of nitrogens with one attached hydrogen (secondary N) is 2. The highest BCUT2D eigenvalue weighted by molar-refractivity contribution is 6.35. The highest BCUT2D eigenvalue weighted by atomic mass is 35.5. The maximum Gasteiger partial charge on any atom is 0.250 e. The van der Waals surface area contributed by atoms with E-state index in [-0.39, 0.29) is 29.8 Å². The Morgan fingerprint density at radius 1 is 1.28 bits per heavy atom. The van der Waals surface area contributed by atoms with E-state index in [4.69, 9.17) is 11.6 Å². The molecule has 3 aliphatic rings. The molecule has 4 rings (SSSR count). The average molecular weight is 362 g/mol. The van der Waals surface area contributed by atoms with Crippen LogP contribution in [0.2, 0.25) is 5.02 Å². The number of anilines is 1. The number of likely N-dealkylation sites (tertiary alicyclic amines) is 1. The Labute approximate surface area is 150 Å². The number of para-hydroxylation sites is 1. The number of halogens is 1. The largest absolute Gasteiger partial charge is 0.323 e. The van der Waals surface area contributed by atoms with Crippen LogP contribution in [0.1, 0.15) is 32.8 Å². The van der Waals surface area contributed by atoms with Crippen molar-refractivity contribution in [3.05, 3.63) is 28.8 Å². The van der Waals surface area contributed by atoms with Gasteiger partial charge in [0.1, 0.15) is 5.54 Å². The number of carbonyl (C=O) groups excluding carboxylic acids is 3. The molecule has 5 atom stereocenters. The molecule has 0 saturated carbocycles. The Kier molecular flexibility index (Phi) is 3.50. The predicted octanol–water partition coefficient (Wildman–Crippen LogP) is 1.88. The van der Waals surface area contributed by atoms with Gasteiger partial charge in [0, 0.05) is 17.6 Å². The van der Waals surface area contributed by atoms with Gasteiger partial charge in [-0.3, -0.25) is 24.6 Å². The monoisotopic (exact) mass is 361 g/mol. The Morgan fingerprint density at radius 3 is 2.68 bits per heavy atom. The van der Waals surface area contributed by atoms with Crippen LogP contribution in [0, 0.1) is 11.8 Å². The van der Waals surface area contributed by atoms with Gasteiger partial charge in [-0.25, -0.2) is 0 Å². The maximum absolute atomic E-state index is 13.2. The van der Waals surface area contributed by atoms with Crippen LogP contribution in [0.15, 0.2) is 18.2 Å². The molecule has 2 saturated heterocycles. The standard InChI is InChI=1S/C18H20ClN3O3/c1-4-8(2)22-15(23)12-9(3)21-18(13(12)16(22)24)10-6-5-7-11(19)14(10)20-17(18)25/h5-9,12-13,21H,4H2,1-3H3,(H,20,25). The number of amides is 3. The molecule has 5 unspecified atom stereocenters. The molecule has 3 heterocycles. The maximum atomic E-state index is 13.2. The van der Waals surface area contributed by atoms with E-state index >= 15 is 0 Å². The number of imide groups is 1. The van der Waals surface area contributed by atoms with Crippen LogP contribution in [0.5, 0.6) is 0 Å². The third kappa shape index (κ3) is 1.87. The lowest BCUT2D eigenvalue weighted by atomic mass is 9.76. The summed E-state index contributed by atoms with van der Waals surface area (Å²) < 4.78 is 0. The van der Waals surface area contributed by atoms with Crippen LogP contribution in [-0.2, 0) is 19.9 Å². The van der Waals surface area contributed by atoms with Crippen molar-refractivity contribution < 1.29 is 14.4 Å². The lowest BCUT2D eigenvalue weighted by Gasteiger charge is -2.30. The van der Waals surface area contributed by atoms with Gasteiger partial charge in [0.25, 0.3) is 0 Å². The molecule has 0 radical (unpaired) electrons. The van der Waals surface area contributed by atoms with E-state index in [9.17, 15) is 14.4 Å². The second-order valence-corrected chi connectivity index (χ2v) is 7.57. The van der Waals surface area contributed by atoms with Crippen molar-refractivity contribution in [1.29, 1.82) is 0 Å². The van der Waals surface area contributed by atoms with Gasteiger partial charge in [-0.2, -0.15) is 0 Å². The molecule has 132 valence electrons. The van der Waals surface area contributed by atoms with Crippen molar-refractivity contribution in [2.45, 2.75) is 44.8 Å². The molecule has 2 fully saturated rings.